The number of phenolic OH excluding ortho intramolecular Hbond substituents is 1. The van der Waals surface area contributed by atoms with Crippen LogP contribution in [0.3, 0.4) is 0 Å². The van der Waals surface area contributed by atoms with Gasteiger partial charge in [-0.1, -0.05) is 6.07 Å². The Hall–Kier alpha value is -2.69. The summed E-state index contributed by atoms with van der Waals surface area (Å²) >= 11 is 0. The first kappa shape index (κ1) is 13.3. The third kappa shape index (κ3) is 2.50. The molecule has 2 heterocycles. The molecule has 2 aromatic heterocycles. The molecule has 1 N–H and O–H groups in total. The van der Waals surface area contributed by atoms with Gasteiger partial charge in [0.2, 0.25) is 0 Å². The molecule has 0 saturated carbocycles. The minimum absolute atomic E-state index is 0.117. The average Bonchev–Trinajstić information content (AvgIpc) is 2.74. The van der Waals surface area contributed by atoms with E-state index in [1.165, 1.54) is 0 Å². The van der Waals surface area contributed by atoms with Crippen molar-refractivity contribution >= 4 is 17.2 Å². The summed E-state index contributed by atoms with van der Waals surface area (Å²) in [5, 5.41) is 18.2. The number of pyridine rings is 1. The van der Waals surface area contributed by atoms with Crippen molar-refractivity contribution in [2.45, 2.75) is 20.8 Å². The normalized spacial score (nSPS) is 11.6. The smallest absolute Gasteiger partial charge is 0.182 e. The van der Waals surface area contributed by atoms with E-state index in [0.717, 1.165) is 22.5 Å². The molecule has 0 aliphatic carbocycles. The van der Waals surface area contributed by atoms with Crippen LogP contribution in [0.1, 0.15) is 16.8 Å². The second-order valence-corrected chi connectivity index (χ2v) is 5.15. The number of hydrogen-bond acceptors (Lipinski definition) is 4. The average molecular weight is 280 g/mol. The number of aryl methyl sites for hydroxylation is 3. The summed E-state index contributed by atoms with van der Waals surface area (Å²) in [6.07, 6.45) is 1.93. The first-order valence-electron chi connectivity index (χ1n) is 6.71. The summed E-state index contributed by atoms with van der Waals surface area (Å²) in [6.45, 7) is 5.86. The van der Waals surface area contributed by atoms with E-state index in [4.69, 9.17) is 0 Å². The molecular formula is C16H16N4O. The van der Waals surface area contributed by atoms with E-state index >= 15 is 0 Å². The van der Waals surface area contributed by atoms with E-state index in [0.29, 0.717) is 11.5 Å². The van der Waals surface area contributed by atoms with Gasteiger partial charge in [-0.15, -0.1) is 10.2 Å². The number of aromatic nitrogens is 2. The fraction of sp³-hybridized carbons (Fsp3) is 0.188. The molecule has 0 amide bonds. The van der Waals surface area contributed by atoms with Crippen molar-refractivity contribution in [2.75, 3.05) is 0 Å². The van der Waals surface area contributed by atoms with Crippen molar-refractivity contribution in [3.8, 4) is 5.75 Å². The lowest BCUT2D eigenvalue weighted by molar-refractivity contribution is 0.476. The fourth-order valence-corrected chi connectivity index (χ4v) is 2.19. The van der Waals surface area contributed by atoms with Gasteiger partial charge in [0, 0.05) is 6.20 Å². The molecule has 3 rings (SSSR count). The van der Waals surface area contributed by atoms with E-state index in [2.05, 4.69) is 15.2 Å². The predicted molar refractivity (Wildman–Crippen MR) is 81.7 cm³/mol. The van der Waals surface area contributed by atoms with E-state index in [1.807, 2.05) is 49.6 Å². The highest BCUT2D eigenvalue weighted by Crippen LogP contribution is 2.30. The second-order valence-electron chi connectivity index (χ2n) is 5.15. The highest BCUT2D eigenvalue weighted by atomic mass is 16.3. The molecule has 5 nitrogen and oxygen atoms in total. The third-order valence-corrected chi connectivity index (χ3v) is 3.31. The molecule has 0 saturated heterocycles. The van der Waals surface area contributed by atoms with Crippen LogP contribution < -0.4 is 0 Å². The molecule has 21 heavy (non-hydrogen) atoms. The Morgan fingerprint density at radius 3 is 2.57 bits per heavy atom. The maximum atomic E-state index is 9.81. The Balaban J connectivity index is 2.07. The highest BCUT2D eigenvalue weighted by molar-refractivity contribution is 5.55. The monoisotopic (exact) mass is 280 g/mol. The molecule has 0 bridgehead atoms. The Morgan fingerprint density at radius 2 is 1.76 bits per heavy atom. The van der Waals surface area contributed by atoms with Crippen molar-refractivity contribution in [3.05, 3.63) is 53.3 Å². The Kier molecular flexibility index (Phi) is 3.17. The summed E-state index contributed by atoms with van der Waals surface area (Å²) in [5.41, 5.74) is 4.27. The lowest BCUT2D eigenvalue weighted by Gasteiger charge is -2.00. The number of benzene rings is 1. The lowest BCUT2D eigenvalue weighted by Crippen LogP contribution is -1.84. The number of hydrogen-bond donors (Lipinski definition) is 1. The molecular weight excluding hydrogens is 264 g/mol. The summed E-state index contributed by atoms with van der Waals surface area (Å²) in [7, 11) is 0. The van der Waals surface area contributed by atoms with Crippen molar-refractivity contribution in [3.63, 3.8) is 0 Å². The molecule has 0 spiro atoms. The molecule has 0 aliphatic heterocycles. The van der Waals surface area contributed by atoms with Gasteiger partial charge in [-0.25, -0.2) is 4.98 Å². The molecule has 0 fully saturated rings. The van der Waals surface area contributed by atoms with Crippen molar-refractivity contribution in [2.24, 2.45) is 10.2 Å². The van der Waals surface area contributed by atoms with Gasteiger partial charge >= 0.3 is 0 Å². The zero-order valence-corrected chi connectivity index (χ0v) is 12.2. The fourth-order valence-electron chi connectivity index (χ4n) is 2.19. The zero-order chi connectivity index (χ0) is 15.0. The lowest BCUT2D eigenvalue weighted by atomic mass is 10.2. The number of imidazole rings is 1. The first-order chi connectivity index (χ1) is 10.0. The quantitative estimate of drug-likeness (QED) is 0.708. The van der Waals surface area contributed by atoms with E-state index in [9.17, 15) is 5.11 Å². The molecule has 3 aromatic rings. The van der Waals surface area contributed by atoms with Gasteiger partial charge < -0.3 is 5.11 Å². The van der Waals surface area contributed by atoms with Crippen LogP contribution in [0.2, 0.25) is 0 Å². The van der Waals surface area contributed by atoms with E-state index < -0.39 is 0 Å². The largest absolute Gasteiger partial charge is 0.506 e. The Morgan fingerprint density at radius 1 is 1.00 bits per heavy atom. The molecule has 106 valence electrons. The van der Waals surface area contributed by atoms with Gasteiger partial charge in [-0.05, 0) is 56.2 Å². The second kappa shape index (κ2) is 5.01. The molecule has 0 atom stereocenters. The first-order valence-corrected chi connectivity index (χ1v) is 6.71. The van der Waals surface area contributed by atoms with Gasteiger partial charge in [0.25, 0.3) is 0 Å². The minimum atomic E-state index is 0.117. The van der Waals surface area contributed by atoms with Gasteiger partial charge in [0.15, 0.2) is 5.82 Å². The van der Waals surface area contributed by atoms with Crippen LogP contribution in [0, 0.1) is 20.8 Å². The third-order valence-electron chi connectivity index (χ3n) is 3.31. The molecule has 5 heteroatoms. The maximum Gasteiger partial charge on any atom is 0.182 e. The van der Waals surface area contributed by atoms with Gasteiger partial charge in [0.05, 0.1) is 5.69 Å². The van der Waals surface area contributed by atoms with Crippen LogP contribution in [-0.2, 0) is 0 Å². The molecule has 1 aromatic carbocycles. The van der Waals surface area contributed by atoms with Crippen LogP contribution in [-0.4, -0.2) is 14.5 Å². The van der Waals surface area contributed by atoms with Crippen molar-refractivity contribution in [1.29, 1.82) is 0 Å². The maximum absolute atomic E-state index is 9.81. The van der Waals surface area contributed by atoms with Crippen molar-refractivity contribution < 1.29 is 5.11 Å². The van der Waals surface area contributed by atoms with E-state index in [-0.39, 0.29) is 5.75 Å². The van der Waals surface area contributed by atoms with Crippen LogP contribution >= 0.6 is 0 Å². The summed E-state index contributed by atoms with van der Waals surface area (Å²) < 4.78 is 1.89. The topological polar surface area (TPSA) is 62.2 Å². The van der Waals surface area contributed by atoms with Crippen LogP contribution in [0.15, 0.2) is 46.8 Å². The summed E-state index contributed by atoms with van der Waals surface area (Å²) in [4.78, 5) is 4.47. The number of aromatic hydroxyl groups is 1. The van der Waals surface area contributed by atoms with Crippen molar-refractivity contribution in [1.82, 2.24) is 9.38 Å². The Bertz CT molecular complexity index is 849. The number of fused-ring (bicyclic) bond motifs is 1. The zero-order valence-electron chi connectivity index (χ0n) is 12.2. The number of phenols is 1. The molecule has 0 unspecified atom stereocenters. The highest BCUT2D eigenvalue weighted by Gasteiger charge is 2.08. The SMILES string of the molecule is Cc1ccc(O)c(N=Nc2c(C)nc3cc(C)ccn23)c1. The van der Waals surface area contributed by atoms with Gasteiger partial charge in [0.1, 0.15) is 17.1 Å². The number of nitrogens with zero attached hydrogens (tertiary/aromatic N) is 4. The van der Waals surface area contributed by atoms with Crippen LogP contribution in [0.4, 0.5) is 11.5 Å². The van der Waals surface area contributed by atoms with Crippen LogP contribution in [0.5, 0.6) is 5.75 Å². The predicted octanol–water partition coefficient (Wildman–Crippen LogP) is 4.38. The van der Waals surface area contributed by atoms with Gasteiger partial charge in [-0.3, -0.25) is 4.40 Å². The van der Waals surface area contributed by atoms with E-state index in [1.54, 1.807) is 12.1 Å². The standard InChI is InChI=1S/C16H16N4O/c1-10-4-5-14(21)13(8-10)18-19-16-12(3)17-15-9-11(2)6-7-20(15)16/h4-9,21H,1-3H3. The van der Waals surface area contributed by atoms with Crippen LogP contribution in [0.25, 0.3) is 5.65 Å². The van der Waals surface area contributed by atoms with Gasteiger partial charge in [-0.2, -0.15) is 0 Å². The molecule has 0 aliphatic rings. The number of rotatable bonds is 2. The summed E-state index contributed by atoms with van der Waals surface area (Å²) in [6, 6.07) is 9.24. The Labute approximate surface area is 122 Å². The minimum Gasteiger partial charge on any atom is -0.506 e. The number of azo groups is 1. The molecule has 0 radical (unpaired) electrons. The summed E-state index contributed by atoms with van der Waals surface area (Å²) in [5.74, 6) is 0.789.